The van der Waals surface area contributed by atoms with Gasteiger partial charge in [0.2, 0.25) is 0 Å². The van der Waals surface area contributed by atoms with Gasteiger partial charge in [-0.1, -0.05) is 140 Å². The molecule has 0 fully saturated rings. The molecule has 0 spiro atoms. The van der Waals surface area contributed by atoms with Crippen LogP contribution in [0.5, 0.6) is 0 Å². The Morgan fingerprint density at radius 3 is 1.47 bits per heavy atom. The van der Waals surface area contributed by atoms with Crippen molar-refractivity contribution in [3.05, 3.63) is 167 Å². The van der Waals surface area contributed by atoms with Crippen molar-refractivity contribution >= 4 is 17.7 Å². The third-order valence-corrected chi connectivity index (χ3v) is 8.87. The molecule has 0 radical (unpaired) electrons. The molecule has 0 unspecified atom stereocenters. The van der Waals surface area contributed by atoms with Crippen LogP contribution in [-0.2, 0) is 24.5 Å². The predicted molar refractivity (Wildman–Crippen MR) is 174 cm³/mol. The van der Waals surface area contributed by atoms with Crippen LogP contribution in [0.1, 0.15) is 53.0 Å². The van der Waals surface area contributed by atoms with Gasteiger partial charge < -0.3 is 9.84 Å². The van der Waals surface area contributed by atoms with E-state index in [1.165, 1.54) is 0 Å². The fourth-order valence-electron chi connectivity index (χ4n) is 6.74. The first-order chi connectivity index (χ1) is 22.0. The molecule has 45 heavy (non-hydrogen) atoms. The van der Waals surface area contributed by atoms with E-state index in [2.05, 4.69) is 12.1 Å². The number of carboxylic acid groups (broad SMARTS) is 1. The number of ether oxygens (including phenoxy) is 1. The number of carbonyl (C=O) groups is 3. The molecule has 0 heterocycles. The Morgan fingerprint density at radius 2 is 1.02 bits per heavy atom. The number of esters is 1. The highest BCUT2D eigenvalue weighted by Crippen LogP contribution is 2.45. The van der Waals surface area contributed by atoms with Crippen molar-refractivity contribution in [1.82, 2.24) is 0 Å². The number of rotatable bonds is 12. The van der Waals surface area contributed by atoms with Crippen molar-refractivity contribution in [2.75, 3.05) is 6.61 Å². The van der Waals surface area contributed by atoms with E-state index >= 15 is 0 Å². The molecule has 5 heteroatoms. The Labute approximate surface area is 263 Å². The summed E-state index contributed by atoms with van der Waals surface area (Å²) in [6.45, 7) is 0.103. The van der Waals surface area contributed by atoms with Gasteiger partial charge in [0.05, 0.1) is 17.8 Å². The number of hydrogen-bond donors (Lipinski definition) is 1. The number of ketones is 1. The second-order valence-corrected chi connectivity index (χ2v) is 11.6. The predicted octanol–water partition coefficient (Wildman–Crippen LogP) is 7.82. The average Bonchev–Trinajstić information content (AvgIpc) is 3.40. The average molecular weight is 595 g/mol. The second kappa shape index (κ2) is 13.1. The van der Waals surface area contributed by atoms with Gasteiger partial charge in [0, 0.05) is 18.8 Å². The first-order valence-electron chi connectivity index (χ1n) is 15.2. The highest BCUT2D eigenvalue weighted by atomic mass is 16.5. The van der Waals surface area contributed by atoms with E-state index in [-0.39, 0.29) is 37.6 Å². The largest absolute Gasteiger partial charge is 0.481 e. The molecule has 5 aromatic rings. The molecule has 0 bridgehead atoms. The number of hydrogen-bond acceptors (Lipinski definition) is 4. The van der Waals surface area contributed by atoms with E-state index in [0.29, 0.717) is 0 Å². The molecule has 0 aromatic heterocycles. The van der Waals surface area contributed by atoms with Crippen molar-refractivity contribution in [2.24, 2.45) is 5.92 Å². The molecule has 1 N–H and O–H groups in total. The van der Waals surface area contributed by atoms with Crippen LogP contribution < -0.4 is 0 Å². The summed E-state index contributed by atoms with van der Waals surface area (Å²) in [5.74, 6) is -3.40. The summed E-state index contributed by atoms with van der Waals surface area (Å²) >= 11 is 0. The quantitative estimate of drug-likeness (QED) is 0.118. The van der Waals surface area contributed by atoms with Crippen molar-refractivity contribution in [1.29, 1.82) is 0 Å². The van der Waals surface area contributed by atoms with E-state index in [1.54, 1.807) is 0 Å². The van der Waals surface area contributed by atoms with Crippen LogP contribution in [0, 0.1) is 5.92 Å². The Kier molecular flexibility index (Phi) is 8.70. The third kappa shape index (κ3) is 6.07. The van der Waals surface area contributed by atoms with Gasteiger partial charge >= 0.3 is 11.9 Å². The molecule has 0 amide bonds. The minimum Gasteiger partial charge on any atom is -0.481 e. The Bertz CT molecular complexity index is 1650. The first-order valence-corrected chi connectivity index (χ1v) is 15.2. The zero-order valence-electron chi connectivity index (χ0n) is 24.8. The number of carboxylic acids is 1. The Morgan fingerprint density at radius 1 is 0.600 bits per heavy atom. The Hall–Kier alpha value is -5.29. The van der Waals surface area contributed by atoms with E-state index in [9.17, 15) is 19.5 Å². The molecule has 224 valence electrons. The summed E-state index contributed by atoms with van der Waals surface area (Å²) in [5.41, 5.74) is 6.33. The summed E-state index contributed by atoms with van der Waals surface area (Å²) in [4.78, 5) is 39.3. The van der Waals surface area contributed by atoms with Gasteiger partial charge in [-0.3, -0.25) is 14.4 Å². The molecular formula is C40H34O5. The fourth-order valence-corrected chi connectivity index (χ4v) is 6.74. The maximum Gasteiger partial charge on any atom is 0.307 e. The molecule has 0 saturated heterocycles. The van der Waals surface area contributed by atoms with Gasteiger partial charge in [-0.15, -0.1) is 0 Å². The van der Waals surface area contributed by atoms with Crippen LogP contribution >= 0.6 is 0 Å². The van der Waals surface area contributed by atoms with Gasteiger partial charge in [-0.25, -0.2) is 0 Å². The third-order valence-electron chi connectivity index (χ3n) is 8.87. The van der Waals surface area contributed by atoms with Gasteiger partial charge in [0.1, 0.15) is 12.4 Å². The topological polar surface area (TPSA) is 80.7 Å². The van der Waals surface area contributed by atoms with Gasteiger partial charge in [0.15, 0.2) is 0 Å². The number of aliphatic carboxylic acids is 1. The van der Waals surface area contributed by atoms with Crippen LogP contribution in [-0.4, -0.2) is 29.4 Å². The van der Waals surface area contributed by atoms with Crippen LogP contribution in [0.2, 0.25) is 0 Å². The lowest BCUT2D eigenvalue weighted by Gasteiger charge is -2.36. The number of benzene rings is 5. The maximum atomic E-state index is 13.9. The normalized spacial score (nSPS) is 13.0. The highest BCUT2D eigenvalue weighted by molar-refractivity contribution is 5.88. The number of carbonyl (C=O) groups excluding carboxylic acids is 2. The maximum absolute atomic E-state index is 13.9. The molecule has 0 aliphatic heterocycles. The molecule has 6 rings (SSSR count). The first kappa shape index (κ1) is 29.8. The Balaban J connectivity index is 1.21. The monoisotopic (exact) mass is 594 g/mol. The second-order valence-electron chi connectivity index (χ2n) is 11.6. The smallest absolute Gasteiger partial charge is 0.307 e. The van der Waals surface area contributed by atoms with Gasteiger partial charge in [0.25, 0.3) is 0 Å². The van der Waals surface area contributed by atoms with Crippen LogP contribution in [0.4, 0.5) is 0 Å². The molecule has 1 atom stereocenters. The zero-order valence-corrected chi connectivity index (χ0v) is 24.8. The lowest BCUT2D eigenvalue weighted by atomic mass is 9.66. The summed E-state index contributed by atoms with van der Waals surface area (Å²) in [7, 11) is 0. The summed E-state index contributed by atoms with van der Waals surface area (Å²) in [5, 5.41) is 10.1. The molecule has 0 saturated carbocycles. The van der Waals surface area contributed by atoms with Gasteiger partial charge in [-0.05, 0) is 38.9 Å². The molecule has 5 nitrogen and oxygen atoms in total. The fraction of sp³-hybridized carbons (Fsp3) is 0.175. The van der Waals surface area contributed by atoms with Gasteiger partial charge in [-0.2, -0.15) is 0 Å². The SMILES string of the molecule is O=C(C[C@@H](CC(=O)OCC1c2ccccc2-c2ccccc21)C(=O)O)CC(c1ccccc1)(c1ccccc1)c1ccccc1. The molecule has 5 aromatic carbocycles. The number of Topliss-reactive ketones (excluding diaryl/α,β-unsaturated/α-hetero) is 1. The molecular weight excluding hydrogens is 560 g/mol. The number of fused-ring (bicyclic) bond motifs is 3. The van der Waals surface area contributed by atoms with Crippen LogP contribution in [0.3, 0.4) is 0 Å². The van der Waals surface area contributed by atoms with Crippen molar-refractivity contribution in [2.45, 2.75) is 30.6 Å². The molecule has 1 aliphatic carbocycles. The van der Waals surface area contributed by atoms with E-state index in [4.69, 9.17) is 4.74 Å². The summed E-state index contributed by atoms with van der Waals surface area (Å²) in [6, 6.07) is 45.5. The minimum absolute atomic E-state index is 0.0412. The molecule has 1 aliphatic rings. The minimum atomic E-state index is -1.20. The summed E-state index contributed by atoms with van der Waals surface area (Å²) in [6.07, 6.45) is -0.626. The van der Waals surface area contributed by atoms with E-state index in [1.807, 2.05) is 127 Å². The van der Waals surface area contributed by atoms with E-state index < -0.39 is 23.3 Å². The standard InChI is InChI=1S/C40H34O5/c41-32(26-40(29-14-4-1-5-15-29,30-16-6-2-7-17-30)31-18-8-3-9-19-31)24-28(39(43)44)25-38(42)45-27-37-35-22-12-10-20-33(35)34-21-11-13-23-36(34)37/h1-23,28,37H,24-27H2,(H,43,44)/t28-/m0/s1. The van der Waals surface area contributed by atoms with Crippen molar-refractivity contribution < 1.29 is 24.2 Å². The van der Waals surface area contributed by atoms with Crippen molar-refractivity contribution in [3.8, 4) is 11.1 Å². The van der Waals surface area contributed by atoms with Crippen LogP contribution in [0.25, 0.3) is 11.1 Å². The summed E-state index contributed by atoms with van der Waals surface area (Å²) < 4.78 is 5.70. The highest BCUT2D eigenvalue weighted by Gasteiger charge is 2.39. The lowest BCUT2D eigenvalue weighted by Crippen LogP contribution is -2.34. The van der Waals surface area contributed by atoms with Crippen LogP contribution in [0.15, 0.2) is 140 Å². The van der Waals surface area contributed by atoms with Crippen molar-refractivity contribution in [3.63, 3.8) is 0 Å². The zero-order chi connectivity index (χ0) is 31.2. The van der Waals surface area contributed by atoms with E-state index in [0.717, 1.165) is 38.9 Å². The lowest BCUT2D eigenvalue weighted by molar-refractivity contribution is -0.152.